The Morgan fingerprint density at radius 1 is 1.00 bits per heavy atom. The maximum atomic E-state index is 13.5. The minimum absolute atomic E-state index is 0.108. The van der Waals surface area contributed by atoms with Crippen molar-refractivity contribution in [3.63, 3.8) is 0 Å². The van der Waals surface area contributed by atoms with Crippen molar-refractivity contribution in [2.75, 3.05) is 12.4 Å². The Hall–Kier alpha value is -3.58. The van der Waals surface area contributed by atoms with Crippen LogP contribution in [-0.2, 0) is 6.42 Å². The van der Waals surface area contributed by atoms with Crippen LogP contribution in [0.3, 0.4) is 0 Å². The number of nitrogens with zero attached hydrogens (tertiary/aromatic N) is 1. The molecular weight excluding hydrogens is 418 g/mol. The number of aromatic nitrogens is 1. The molecule has 1 amide bonds. The molecule has 0 aliphatic heterocycles. The smallest absolute Gasteiger partial charge is 0.257 e. The van der Waals surface area contributed by atoms with E-state index in [1.807, 2.05) is 54.6 Å². The summed E-state index contributed by atoms with van der Waals surface area (Å²) in [5, 5.41) is 3.02. The van der Waals surface area contributed by atoms with Gasteiger partial charge in [-0.2, -0.15) is 0 Å². The molecule has 4 aromatic rings. The van der Waals surface area contributed by atoms with E-state index in [2.05, 4.69) is 10.3 Å². The van der Waals surface area contributed by atoms with Gasteiger partial charge in [-0.1, -0.05) is 30.3 Å². The molecule has 7 heteroatoms. The first kappa shape index (κ1) is 20.7. The van der Waals surface area contributed by atoms with E-state index in [1.165, 1.54) is 11.3 Å². The lowest BCUT2D eigenvalue weighted by Crippen LogP contribution is -2.12. The molecule has 1 heterocycles. The first-order valence-electron chi connectivity index (χ1n) is 9.47. The molecule has 0 fully saturated rings. The molecule has 0 bridgehead atoms. The summed E-state index contributed by atoms with van der Waals surface area (Å²) in [6, 6.07) is 20.1. The molecule has 0 saturated carbocycles. The molecule has 1 N–H and O–H groups in total. The third-order valence-corrected chi connectivity index (χ3v) is 5.58. The van der Waals surface area contributed by atoms with Gasteiger partial charge in [0.1, 0.15) is 17.4 Å². The van der Waals surface area contributed by atoms with Gasteiger partial charge in [0.2, 0.25) is 0 Å². The molecule has 1 aromatic heterocycles. The SMILES string of the molecule is COc1ccc(-c2nc(NC(=O)c3cc(F)cc(F)c3)sc2Cc2ccccc2)cc1. The average Bonchev–Trinajstić information content (AvgIpc) is 3.15. The Bertz CT molecular complexity index is 1190. The van der Waals surface area contributed by atoms with Crippen molar-refractivity contribution >= 4 is 22.4 Å². The van der Waals surface area contributed by atoms with E-state index in [1.54, 1.807) is 7.11 Å². The normalized spacial score (nSPS) is 10.7. The van der Waals surface area contributed by atoms with Gasteiger partial charge >= 0.3 is 0 Å². The lowest BCUT2D eigenvalue weighted by atomic mass is 10.1. The van der Waals surface area contributed by atoms with E-state index in [9.17, 15) is 13.6 Å². The summed E-state index contributed by atoms with van der Waals surface area (Å²) in [5.74, 6) is -1.52. The van der Waals surface area contributed by atoms with Crippen LogP contribution in [0.5, 0.6) is 5.75 Å². The number of hydrogen-bond acceptors (Lipinski definition) is 4. The molecule has 0 radical (unpaired) electrons. The van der Waals surface area contributed by atoms with Crippen LogP contribution < -0.4 is 10.1 Å². The second-order valence-electron chi connectivity index (χ2n) is 6.79. The molecule has 31 heavy (non-hydrogen) atoms. The molecule has 0 aliphatic carbocycles. The average molecular weight is 436 g/mol. The summed E-state index contributed by atoms with van der Waals surface area (Å²) >= 11 is 1.33. The Balaban J connectivity index is 1.67. The third-order valence-electron chi connectivity index (χ3n) is 4.61. The number of hydrogen-bond donors (Lipinski definition) is 1. The molecule has 0 unspecified atom stereocenters. The van der Waals surface area contributed by atoms with E-state index < -0.39 is 17.5 Å². The molecule has 3 aromatic carbocycles. The van der Waals surface area contributed by atoms with Crippen molar-refractivity contribution in [2.45, 2.75) is 6.42 Å². The summed E-state index contributed by atoms with van der Waals surface area (Å²) in [6.45, 7) is 0. The number of anilines is 1. The van der Waals surface area contributed by atoms with Gasteiger partial charge in [0.25, 0.3) is 5.91 Å². The topological polar surface area (TPSA) is 51.2 Å². The van der Waals surface area contributed by atoms with Gasteiger partial charge in [-0.15, -0.1) is 11.3 Å². The molecule has 0 aliphatic rings. The van der Waals surface area contributed by atoms with Crippen LogP contribution >= 0.6 is 11.3 Å². The number of carbonyl (C=O) groups excluding carboxylic acids is 1. The van der Waals surface area contributed by atoms with E-state index in [-0.39, 0.29) is 5.56 Å². The number of methoxy groups -OCH3 is 1. The highest BCUT2D eigenvalue weighted by atomic mass is 32.1. The second kappa shape index (κ2) is 9.06. The maximum absolute atomic E-state index is 13.5. The van der Waals surface area contributed by atoms with Crippen molar-refractivity contribution in [1.29, 1.82) is 0 Å². The number of halogens is 2. The standard InChI is InChI=1S/C24H18F2N2O2S/c1-30-20-9-7-16(8-10-20)22-21(11-15-5-3-2-4-6-15)31-24(27-22)28-23(29)17-12-18(25)14-19(26)13-17/h2-10,12-14H,11H2,1H3,(H,27,28,29). The third kappa shape index (κ3) is 4.95. The van der Waals surface area contributed by atoms with Gasteiger partial charge in [0.05, 0.1) is 12.8 Å². The van der Waals surface area contributed by atoms with Crippen molar-refractivity contribution in [3.05, 3.63) is 100 Å². The number of ether oxygens (including phenoxy) is 1. The van der Waals surface area contributed by atoms with Crippen LogP contribution in [0.1, 0.15) is 20.8 Å². The van der Waals surface area contributed by atoms with E-state index >= 15 is 0 Å². The number of rotatable bonds is 6. The molecule has 4 rings (SSSR count). The Morgan fingerprint density at radius 3 is 2.32 bits per heavy atom. The van der Waals surface area contributed by atoms with Crippen LogP contribution in [0.15, 0.2) is 72.8 Å². The Morgan fingerprint density at radius 2 is 1.68 bits per heavy atom. The van der Waals surface area contributed by atoms with E-state index in [0.717, 1.165) is 45.6 Å². The fourth-order valence-electron chi connectivity index (χ4n) is 3.13. The van der Waals surface area contributed by atoms with Crippen LogP contribution in [0.2, 0.25) is 0 Å². The Kier molecular flexibility index (Phi) is 6.04. The van der Waals surface area contributed by atoms with Crippen LogP contribution in [0.4, 0.5) is 13.9 Å². The zero-order chi connectivity index (χ0) is 21.8. The van der Waals surface area contributed by atoms with Gasteiger partial charge in [-0.05, 0) is 42.0 Å². The van der Waals surface area contributed by atoms with E-state index in [0.29, 0.717) is 11.6 Å². The first-order valence-corrected chi connectivity index (χ1v) is 10.3. The minimum Gasteiger partial charge on any atom is -0.497 e. The predicted octanol–water partition coefficient (Wildman–Crippen LogP) is 5.94. The summed E-state index contributed by atoms with van der Waals surface area (Å²) in [4.78, 5) is 18.1. The number of amides is 1. The van der Waals surface area contributed by atoms with Crippen LogP contribution in [0.25, 0.3) is 11.3 Å². The van der Waals surface area contributed by atoms with Crippen LogP contribution in [0, 0.1) is 11.6 Å². The van der Waals surface area contributed by atoms with Crippen molar-refractivity contribution in [3.8, 4) is 17.0 Å². The monoisotopic (exact) mass is 436 g/mol. The van der Waals surface area contributed by atoms with Crippen molar-refractivity contribution in [1.82, 2.24) is 4.98 Å². The molecule has 156 valence electrons. The largest absolute Gasteiger partial charge is 0.497 e. The van der Waals surface area contributed by atoms with Gasteiger partial charge in [0.15, 0.2) is 5.13 Å². The minimum atomic E-state index is -0.812. The molecule has 0 atom stereocenters. The van der Waals surface area contributed by atoms with Crippen LogP contribution in [-0.4, -0.2) is 18.0 Å². The summed E-state index contributed by atoms with van der Waals surface area (Å²) < 4.78 is 32.2. The van der Waals surface area contributed by atoms with Crippen molar-refractivity contribution < 1.29 is 18.3 Å². The summed E-state index contributed by atoms with van der Waals surface area (Å²) in [6.07, 6.45) is 0.629. The maximum Gasteiger partial charge on any atom is 0.257 e. The second-order valence-corrected chi connectivity index (χ2v) is 7.88. The quantitative estimate of drug-likeness (QED) is 0.407. The Labute approximate surface area is 182 Å². The lowest BCUT2D eigenvalue weighted by molar-refractivity contribution is 0.102. The number of benzene rings is 3. The molecule has 4 nitrogen and oxygen atoms in total. The summed E-state index contributed by atoms with van der Waals surface area (Å²) in [7, 11) is 1.60. The highest BCUT2D eigenvalue weighted by Crippen LogP contribution is 2.34. The van der Waals surface area contributed by atoms with Gasteiger partial charge in [0, 0.05) is 28.5 Å². The summed E-state index contributed by atoms with van der Waals surface area (Å²) in [5.41, 5.74) is 2.60. The van der Waals surface area contributed by atoms with E-state index in [4.69, 9.17) is 4.74 Å². The zero-order valence-electron chi connectivity index (χ0n) is 16.6. The number of nitrogens with one attached hydrogen (secondary N) is 1. The van der Waals surface area contributed by atoms with Gasteiger partial charge < -0.3 is 4.74 Å². The molecular formula is C24H18F2N2O2S. The molecule has 0 spiro atoms. The van der Waals surface area contributed by atoms with Crippen molar-refractivity contribution in [2.24, 2.45) is 0 Å². The van der Waals surface area contributed by atoms with Gasteiger partial charge in [-0.3, -0.25) is 10.1 Å². The molecule has 0 saturated heterocycles. The predicted molar refractivity (Wildman–Crippen MR) is 118 cm³/mol. The highest BCUT2D eigenvalue weighted by Gasteiger charge is 2.17. The number of thiazole rings is 1. The fourth-order valence-corrected chi connectivity index (χ4v) is 4.15. The first-order chi connectivity index (χ1) is 15.0. The zero-order valence-corrected chi connectivity index (χ0v) is 17.4. The number of carbonyl (C=O) groups is 1. The lowest BCUT2D eigenvalue weighted by Gasteiger charge is -2.04. The highest BCUT2D eigenvalue weighted by molar-refractivity contribution is 7.16. The van der Waals surface area contributed by atoms with Gasteiger partial charge in [-0.25, -0.2) is 13.8 Å². The fraction of sp³-hybridized carbons (Fsp3) is 0.0833.